The summed E-state index contributed by atoms with van der Waals surface area (Å²) in [5.41, 5.74) is 0.532. The van der Waals surface area contributed by atoms with Crippen molar-refractivity contribution in [3.8, 4) is 0 Å². The first-order valence-electron chi connectivity index (χ1n) is 8.67. The van der Waals surface area contributed by atoms with Crippen molar-refractivity contribution in [1.82, 2.24) is 10.2 Å². The number of nitrogens with one attached hydrogen (secondary N) is 1. The molecule has 2 aliphatic rings. The molecule has 0 aliphatic heterocycles. The lowest BCUT2D eigenvalue weighted by Crippen LogP contribution is -2.45. The Morgan fingerprint density at radius 3 is 2.67 bits per heavy atom. The zero-order valence-corrected chi connectivity index (χ0v) is 14.4. The fraction of sp³-hybridized carbons (Fsp3) is 0.778. The first-order valence-corrected chi connectivity index (χ1v) is 9.55. The molecule has 2 saturated carbocycles. The van der Waals surface area contributed by atoms with Crippen LogP contribution in [0.1, 0.15) is 57.2 Å². The van der Waals surface area contributed by atoms with Gasteiger partial charge in [-0.25, -0.2) is 0 Å². The SMILES string of the molecule is CC(C)N(Cc1cccs1)CC1(CNC2CC2)CCCC1. The predicted octanol–water partition coefficient (Wildman–Crippen LogP) is 4.27. The molecule has 0 saturated heterocycles. The first kappa shape index (κ1) is 15.5. The molecule has 0 spiro atoms. The maximum absolute atomic E-state index is 3.82. The third kappa shape index (κ3) is 4.30. The van der Waals surface area contributed by atoms with E-state index in [0.717, 1.165) is 12.6 Å². The Hall–Kier alpha value is -0.380. The van der Waals surface area contributed by atoms with Crippen LogP contribution in [-0.4, -0.2) is 30.1 Å². The van der Waals surface area contributed by atoms with Crippen molar-refractivity contribution in [3.05, 3.63) is 22.4 Å². The molecule has 1 N–H and O–H groups in total. The van der Waals surface area contributed by atoms with Gasteiger partial charge in [0, 0.05) is 36.6 Å². The summed E-state index contributed by atoms with van der Waals surface area (Å²) in [5, 5.41) is 6.02. The van der Waals surface area contributed by atoms with E-state index >= 15 is 0 Å². The molecule has 0 aromatic carbocycles. The van der Waals surface area contributed by atoms with Crippen LogP contribution in [-0.2, 0) is 6.54 Å². The quantitative estimate of drug-likeness (QED) is 0.771. The standard InChI is InChI=1S/C18H30N2S/c1-15(2)20(12-17-6-5-11-21-17)14-18(9-3-4-10-18)13-19-16-7-8-16/h5-6,11,15-16,19H,3-4,7-10,12-14H2,1-2H3. The molecular formula is C18H30N2S. The molecule has 3 heteroatoms. The van der Waals surface area contributed by atoms with Crippen molar-refractivity contribution >= 4 is 11.3 Å². The fourth-order valence-corrected chi connectivity index (χ4v) is 4.35. The Labute approximate surface area is 133 Å². The lowest BCUT2D eigenvalue weighted by Gasteiger charge is -2.38. The molecule has 0 radical (unpaired) electrons. The minimum absolute atomic E-state index is 0.532. The molecule has 0 amide bonds. The largest absolute Gasteiger partial charge is 0.313 e. The third-order valence-electron chi connectivity index (χ3n) is 5.22. The van der Waals surface area contributed by atoms with Gasteiger partial charge in [-0.1, -0.05) is 18.9 Å². The highest BCUT2D eigenvalue weighted by molar-refractivity contribution is 7.09. The van der Waals surface area contributed by atoms with Gasteiger partial charge in [-0.2, -0.15) is 0 Å². The second-order valence-electron chi connectivity index (χ2n) is 7.44. The zero-order valence-electron chi connectivity index (χ0n) is 13.6. The predicted molar refractivity (Wildman–Crippen MR) is 91.8 cm³/mol. The van der Waals surface area contributed by atoms with Gasteiger partial charge >= 0.3 is 0 Å². The lowest BCUT2D eigenvalue weighted by atomic mass is 9.85. The van der Waals surface area contributed by atoms with Crippen LogP contribution in [0.25, 0.3) is 0 Å². The number of hydrogen-bond acceptors (Lipinski definition) is 3. The molecule has 1 heterocycles. The molecular weight excluding hydrogens is 276 g/mol. The van der Waals surface area contributed by atoms with E-state index in [1.165, 1.54) is 56.5 Å². The third-order valence-corrected chi connectivity index (χ3v) is 6.08. The van der Waals surface area contributed by atoms with Crippen LogP contribution in [0, 0.1) is 5.41 Å². The van der Waals surface area contributed by atoms with E-state index < -0.39 is 0 Å². The van der Waals surface area contributed by atoms with Crippen molar-refractivity contribution in [2.45, 2.75) is 71.0 Å². The topological polar surface area (TPSA) is 15.3 Å². The average Bonchev–Trinajstić information content (AvgIpc) is 2.96. The molecule has 0 unspecified atom stereocenters. The molecule has 21 heavy (non-hydrogen) atoms. The summed E-state index contributed by atoms with van der Waals surface area (Å²) in [6.45, 7) is 8.34. The first-order chi connectivity index (χ1) is 10.2. The van der Waals surface area contributed by atoms with Crippen LogP contribution >= 0.6 is 11.3 Å². The average molecular weight is 307 g/mol. The second kappa shape index (κ2) is 6.80. The summed E-state index contributed by atoms with van der Waals surface area (Å²) in [4.78, 5) is 4.21. The maximum Gasteiger partial charge on any atom is 0.0330 e. The summed E-state index contributed by atoms with van der Waals surface area (Å²) in [5.74, 6) is 0. The van der Waals surface area contributed by atoms with Gasteiger partial charge in [-0.05, 0) is 56.4 Å². The number of thiophene rings is 1. The van der Waals surface area contributed by atoms with E-state index in [4.69, 9.17) is 0 Å². The van der Waals surface area contributed by atoms with E-state index in [2.05, 4.69) is 41.6 Å². The lowest BCUT2D eigenvalue weighted by molar-refractivity contribution is 0.115. The van der Waals surface area contributed by atoms with E-state index in [0.29, 0.717) is 11.5 Å². The van der Waals surface area contributed by atoms with Crippen LogP contribution in [0.3, 0.4) is 0 Å². The van der Waals surface area contributed by atoms with Crippen LogP contribution in [0.15, 0.2) is 17.5 Å². The minimum atomic E-state index is 0.532. The minimum Gasteiger partial charge on any atom is -0.313 e. The highest BCUT2D eigenvalue weighted by Gasteiger charge is 2.37. The van der Waals surface area contributed by atoms with Crippen molar-refractivity contribution in [2.75, 3.05) is 13.1 Å². The Bertz CT molecular complexity index is 416. The summed E-state index contributed by atoms with van der Waals surface area (Å²) < 4.78 is 0. The molecule has 2 fully saturated rings. The molecule has 1 aromatic heterocycles. The van der Waals surface area contributed by atoms with Gasteiger partial charge in [0.15, 0.2) is 0 Å². The molecule has 0 atom stereocenters. The Morgan fingerprint density at radius 1 is 1.33 bits per heavy atom. The molecule has 2 nitrogen and oxygen atoms in total. The fourth-order valence-electron chi connectivity index (χ4n) is 3.62. The summed E-state index contributed by atoms with van der Waals surface area (Å²) in [6.07, 6.45) is 8.49. The van der Waals surface area contributed by atoms with Crippen molar-refractivity contribution in [2.24, 2.45) is 5.41 Å². The van der Waals surface area contributed by atoms with Crippen molar-refractivity contribution in [1.29, 1.82) is 0 Å². The van der Waals surface area contributed by atoms with Crippen molar-refractivity contribution in [3.63, 3.8) is 0 Å². The van der Waals surface area contributed by atoms with Crippen LogP contribution in [0.4, 0.5) is 0 Å². The van der Waals surface area contributed by atoms with E-state index in [9.17, 15) is 0 Å². The molecule has 3 rings (SSSR count). The van der Waals surface area contributed by atoms with Crippen LogP contribution < -0.4 is 5.32 Å². The Balaban J connectivity index is 1.63. The normalized spacial score (nSPS) is 21.5. The number of hydrogen-bond donors (Lipinski definition) is 1. The molecule has 118 valence electrons. The second-order valence-corrected chi connectivity index (χ2v) is 8.47. The van der Waals surface area contributed by atoms with Gasteiger partial charge < -0.3 is 5.32 Å². The summed E-state index contributed by atoms with van der Waals surface area (Å²) in [6, 6.07) is 5.93. The number of rotatable bonds is 8. The van der Waals surface area contributed by atoms with Gasteiger partial charge in [0.1, 0.15) is 0 Å². The highest BCUT2D eigenvalue weighted by Crippen LogP contribution is 2.39. The van der Waals surface area contributed by atoms with Gasteiger partial charge in [0.05, 0.1) is 0 Å². The van der Waals surface area contributed by atoms with Gasteiger partial charge in [-0.15, -0.1) is 11.3 Å². The Kier molecular flexibility index (Phi) is 5.03. The van der Waals surface area contributed by atoms with Crippen molar-refractivity contribution < 1.29 is 0 Å². The Morgan fingerprint density at radius 2 is 2.10 bits per heavy atom. The number of nitrogens with zero attached hydrogens (tertiary/aromatic N) is 1. The molecule has 0 bridgehead atoms. The molecule has 2 aliphatic carbocycles. The smallest absolute Gasteiger partial charge is 0.0330 e. The van der Waals surface area contributed by atoms with E-state index in [-0.39, 0.29) is 0 Å². The van der Waals surface area contributed by atoms with Gasteiger partial charge in [-0.3, -0.25) is 4.90 Å². The van der Waals surface area contributed by atoms with Crippen LogP contribution in [0.2, 0.25) is 0 Å². The van der Waals surface area contributed by atoms with Gasteiger partial charge in [0.25, 0.3) is 0 Å². The summed E-state index contributed by atoms with van der Waals surface area (Å²) in [7, 11) is 0. The zero-order chi connectivity index (χ0) is 14.7. The van der Waals surface area contributed by atoms with E-state index in [1.54, 1.807) is 0 Å². The van der Waals surface area contributed by atoms with Gasteiger partial charge in [0.2, 0.25) is 0 Å². The highest BCUT2D eigenvalue weighted by atomic mass is 32.1. The monoisotopic (exact) mass is 306 g/mol. The molecule has 1 aromatic rings. The van der Waals surface area contributed by atoms with E-state index in [1.807, 2.05) is 11.3 Å². The van der Waals surface area contributed by atoms with Crippen LogP contribution in [0.5, 0.6) is 0 Å². The summed E-state index contributed by atoms with van der Waals surface area (Å²) >= 11 is 1.90. The maximum atomic E-state index is 3.82.